The number of rotatable bonds is 49. The van der Waals surface area contributed by atoms with E-state index in [1.165, 1.54) is 70.6 Å². The number of hydrogen-bond donors (Lipinski definition) is 1. The number of phosphoric ester groups is 1. The van der Waals surface area contributed by atoms with Crippen molar-refractivity contribution in [3.05, 3.63) is 85.1 Å². The van der Waals surface area contributed by atoms with Crippen LogP contribution in [0.5, 0.6) is 0 Å². The van der Waals surface area contributed by atoms with Crippen LogP contribution in [0.1, 0.15) is 226 Å². The van der Waals surface area contributed by atoms with Gasteiger partial charge in [-0.1, -0.05) is 209 Å². The number of nitrogens with zero attached hydrogens (tertiary/aromatic N) is 1. The number of carbonyl (C=O) groups is 2. The van der Waals surface area contributed by atoms with Crippen LogP contribution < -0.4 is 10.2 Å². The first kappa shape index (κ1) is 66.2. The predicted molar refractivity (Wildman–Crippen MR) is 293 cm³/mol. The number of nitrogens with one attached hydrogen (secondary N) is 1. The smallest absolute Gasteiger partial charge is 0.306 e. The van der Waals surface area contributed by atoms with E-state index in [1.807, 2.05) is 39.4 Å². The summed E-state index contributed by atoms with van der Waals surface area (Å²) in [4.78, 5) is 39.8. The number of amides is 1. The Hall–Kier alpha value is -2.81. The third-order valence-corrected chi connectivity index (χ3v) is 12.8. The lowest BCUT2D eigenvalue weighted by Gasteiger charge is -2.30. The molecule has 0 rings (SSSR count). The van der Waals surface area contributed by atoms with Gasteiger partial charge in [0.25, 0.3) is 7.82 Å². The average molecular weight is 985 g/mol. The number of ether oxygens (including phenoxy) is 1. The molecule has 0 aromatic carbocycles. The average Bonchev–Trinajstić information content (AvgIpc) is 3.31. The summed E-state index contributed by atoms with van der Waals surface area (Å²) in [5.41, 5.74) is 0. The molecule has 10 heteroatoms. The van der Waals surface area contributed by atoms with Gasteiger partial charge in [0.05, 0.1) is 33.8 Å². The Morgan fingerprint density at radius 3 is 1.54 bits per heavy atom. The van der Waals surface area contributed by atoms with Crippen LogP contribution >= 0.6 is 7.82 Å². The fourth-order valence-corrected chi connectivity index (χ4v) is 8.25. The molecule has 0 radical (unpaired) electrons. The molecule has 0 heterocycles. The summed E-state index contributed by atoms with van der Waals surface area (Å²) in [6, 6.07) is -0.907. The van der Waals surface area contributed by atoms with E-state index < -0.39 is 26.6 Å². The van der Waals surface area contributed by atoms with Crippen molar-refractivity contribution in [1.29, 1.82) is 0 Å². The highest BCUT2D eigenvalue weighted by Gasteiger charge is 2.27. The van der Waals surface area contributed by atoms with Gasteiger partial charge >= 0.3 is 5.97 Å². The summed E-state index contributed by atoms with van der Waals surface area (Å²) in [6.45, 7) is 6.63. The van der Waals surface area contributed by atoms with Gasteiger partial charge in [-0.3, -0.25) is 14.2 Å². The third-order valence-electron chi connectivity index (χ3n) is 11.9. The number of likely N-dealkylation sites (N-methyl/N-ethyl adjacent to an activating group) is 1. The van der Waals surface area contributed by atoms with Gasteiger partial charge in [0.1, 0.15) is 19.3 Å². The summed E-state index contributed by atoms with van der Waals surface area (Å²) >= 11 is 0. The summed E-state index contributed by atoms with van der Waals surface area (Å²) in [5.74, 6) is -0.586. The van der Waals surface area contributed by atoms with Crippen LogP contribution in [0.3, 0.4) is 0 Å². The molecule has 0 aromatic rings. The maximum atomic E-state index is 13.4. The van der Waals surface area contributed by atoms with E-state index in [1.54, 1.807) is 0 Å². The van der Waals surface area contributed by atoms with Gasteiger partial charge in [-0.05, 0) is 89.5 Å². The van der Waals surface area contributed by atoms with E-state index in [-0.39, 0.29) is 31.3 Å². The van der Waals surface area contributed by atoms with Crippen LogP contribution in [-0.2, 0) is 27.9 Å². The Morgan fingerprint density at radius 2 is 0.986 bits per heavy atom. The van der Waals surface area contributed by atoms with Crippen molar-refractivity contribution in [3.63, 3.8) is 0 Å². The number of unbranched alkanes of at least 4 members (excludes halogenated alkanes) is 23. The molecule has 0 fully saturated rings. The summed E-state index contributed by atoms with van der Waals surface area (Å²) < 4.78 is 30.1. The molecule has 3 atom stereocenters. The molecule has 0 aliphatic carbocycles. The van der Waals surface area contributed by atoms with Gasteiger partial charge in [0, 0.05) is 12.8 Å². The lowest BCUT2D eigenvalue weighted by molar-refractivity contribution is -0.870. The molecule has 9 nitrogen and oxygen atoms in total. The van der Waals surface area contributed by atoms with Crippen molar-refractivity contribution >= 4 is 19.7 Å². The van der Waals surface area contributed by atoms with Gasteiger partial charge in [0.2, 0.25) is 5.91 Å². The zero-order chi connectivity index (χ0) is 50.8. The molecule has 1 N–H and O–H groups in total. The number of esters is 1. The Balaban J connectivity index is 5.36. The lowest BCUT2D eigenvalue weighted by atomic mass is 10.1. The predicted octanol–water partition coefficient (Wildman–Crippen LogP) is 16.0. The van der Waals surface area contributed by atoms with Crippen molar-refractivity contribution < 1.29 is 37.3 Å². The fourth-order valence-electron chi connectivity index (χ4n) is 7.53. The molecule has 1 amide bonds. The number of allylic oxidation sites excluding steroid dienone is 13. The van der Waals surface area contributed by atoms with Crippen LogP contribution in [0.15, 0.2) is 85.1 Å². The van der Waals surface area contributed by atoms with Crippen LogP contribution in [-0.4, -0.2) is 69.4 Å². The molecule has 398 valence electrons. The SMILES string of the molecule is CC/C=C/C=C/C=C\CCCCCCCC(=O)NC(COP(=O)([O-])OCC[N+](C)(C)C)C(/C=C\CCCCCCCCCCC)OC(=O)CCCCCCCC/C=C\C/C=C\C/C=C\CCCCC. The largest absolute Gasteiger partial charge is 0.756 e. The Labute approximate surface area is 425 Å². The highest BCUT2D eigenvalue weighted by atomic mass is 31.2. The Morgan fingerprint density at radius 1 is 0.536 bits per heavy atom. The Kier molecular flexibility index (Phi) is 46.8. The lowest BCUT2D eigenvalue weighted by Crippen LogP contribution is -2.47. The van der Waals surface area contributed by atoms with Crippen molar-refractivity contribution in [2.45, 2.75) is 238 Å². The number of phosphoric acid groups is 1. The monoisotopic (exact) mass is 985 g/mol. The quantitative estimate of drug-likeness (QED) is 0.0161. The van der Waals surface area contributed by atoms with E-state index in [0.717, 1.165) is 109 Å². The molecular weight excluding hydrogens is 880 g/mol. The van der Waals surface area contributed by atoms with E-state index in [4.69, 9.17) is 13.8 Å². The minimum absolute atomic E-state index is 0.0328. The van der Waals surface area contributed by atoms with Gasteiger partial charge < -0.3 is 28.5 Å². The molecule has 0 bridgehead atoms. The molecule has 0 aromatic heterocycles. The first-order valence-corrected chi connectivity index (χ1v) is 29.4. The standard InChI is InChI=1S/C59H105N2O7P/c1-7-10-13-16-19-22-25-27-28-29-30-31-32-34-37-40-43-46-49-52-59(63)68-57(50-47-44-41-38-35-24-21-18-15-12-9-3)56(55-67-69(64,65)66-54-53-61(4,5)6)60-58(62)51-48-45-42-39-36-33-26-23-20-17-14-11-8-2/h11,14,17,19-20,22-23,26-28,30-31,47,50,56-57H,7-10,12-13,15-16,18,21,24-25,29,32-46,48-49,51-55H2,1-6H3,(H-,60,62,64,65)/b14-11+,20-17+,22-19-,26-23-,28-27-,31-30-,50-47-. The van der Waals surface area contributed by atoms with E-state index in [9.17, 15) is 19.0 Å². The molecule has 3 unspecified atom stereocenters. The van der Waals surface area contributed by atoms with Crippen LogP contribution in [0.25, 0.3) is 0 Å². The number of quaternary nitrogens is 1. The second kappa shape index (κ2) is 48.8. The molecule has 0 spiro atoms. The minimum atomic E-state index is -4.70. The van der Waals surface area contributed by atoms with Crippen LogP contribution in [0.2, 0.25) is 0 Å². The highest BCUT2D eigenvalue weighted by Crippen LogP contribution is 2.38. The first-order valence-electron chi connectivity index (χ1n) is 27.9. The van der Waals surface area contributed by atoms with Crippen LogP contribution in [0.4, 0.5) is 0 Å². The minimum Gasteiger partial charge on any atom is -0.756 e. The van der Waals surface area contributed by atoms with Crippen molar-refractivity contribution in [2.24, 2.45) is 0 Å². The molecule has 0 saturated carbocycles. The highest BCUT2D eigenvalue weighted by molar-refractivity contribution is 7.45. The van der Waals surface area contributed by atoms with E-state index >= 15 is 0 Å². The maximum absolute atomic E-state index is 13.4. The van der Waals surface area contributed by atoms with Crippen molar-refractivity contribution in [1.82, 2.24) is 5.32 Å². The van der Waals surface area contributed by atoms with E-state index in [0.29, 0.717) is 23.9 Å². The van der Waals surface area contributed by atoms with Gasteiger partial charge in [-0.2, -0.15) is 0 Å². The Bertz CT molecular complexity index is 1460. The molecule has 0 aliphatic heterocycles. The summed E-state index contributed by atoms with van der Waals surface area (Å²) in [6.07, 6.45) is 62.6. The second-order valence-corrected chi connectivity index (χ2v) is 21.2. The topological polar surface area (TPSA) is 114 Å². The molecule has 0 aliphatic rings. The van der Waals surface area contributed by atoms with Crippen molar-refractivity contribution in [2.75, 3.05) is 40.9 Å². The van der Waals surface area contributed by atoms with Crippen LogP contribution in [0, 0.1) is 0 Å². The summed E-state index contributed by atoms with van der Waals surface area (Å²) in [5, 5.41) is 3.00. The maximum Gasteiger partial charge on any atom is 0.306 e. The number of hydrogen-bond acceptors (Lipinski definition) is 7. The normalized spacial score (nSPS) is 14.5. The molecular formula is C59H105N2O7P. The third kappa shape index (κ3) is 49.9. The molecule has 69 heavy (non-hydrogen) atoms. The first-order chi connectivity index (χ1) is 33.4. The summed E-state index contributed by atoms with van der Waals surface area (Å²) in [7, 11) is 1.15. The van der Waals surface area contributed by atoms with Gasteiger partial charge in [-0.15, -0.1) is 0 Å². The zero-order valence-corrected chi connectivity index (χ0v) is 46.1. The van der Waals surface area contributed by atoms with Crippen molar-refractivity contribution in [3.8, 4) is 0 Å². The number of carbonyl (C=O) groups excluding carboxylic acids is 2. The second-order valence-electron chi connectivity index (χ2n) is 19.8. The van der Waals surface area contributed by atoms with Gasteiger partial charge in [0.15, 0.2) is 0 Å². The zero-order valence-electron chi connectivity index (χ0n) is 45.2. The molecule has 0 saturated heterocycles. The fraction of sp³-hybridized carbons (Fsp3) is 0.729. The van der Waals surface area contributed by atoms with E-state index in [2.05, 4.69) is 92.9 Å². The van der Waals surface area contributed by atoms with Gasteiger partial charge in [-0.25, -0.2) is 0 Å².